The molecule has 1 amide bonds. The van der Waals surface area contributed by atoms with Crippen LogP contribution in [0.1, 0.15) is 20.8 Å². The number of ether oxygens (including phenoxy) is 1. The molecule has 1 rings (SSSR count). The number of nitrogens with zero attached hydrogens (tertiary/aromatic N) is 1. The van der Waals surface area contributed by atoms with Gasteiger partial charge in [-0.25, -0.2) is 14.2 Å². The van der Waals surface area contributed by atoms with E-state index >= 15 is 0 Å². The van der Waals surface area contributed by atoms with Gasteiger partial charge < -0.3 is 4.74 Å². The first-order chi connectivity index (χ1) is 7.28. The Morgan fingerprint density at radius 1 is 1.56 bits per heavy atom. The van der Waals surface area contributed by atoms with Gasteiger partial charge in [-0.3, -0.25) is 5.32 Å². The normalized spacial score (nSPS) is 11.1. The average molecular weight is 291 g/mol. The lowest BCUT2D eigenvalue weighted by molar-refractivity contribution is 0.0636. The number of halogens is 2. The summed E-state index contributed by atoms with van der Waals surface area (Å²) in [5.74, 6) is -0.533. The van der Waals surface area contributed by atoms with Crippen LogP contribution < -0.4 is 5.32 Å². The van der Waals surface area contributed by atoms with Gasteiger partial charge in [-0.1, -0.05) is 0 Å². The van der Waals surface area contributed by atoms with E-state index in [4.69, 9.17) is 4.74 Å². The minimum atomic E-state index is -0.652. The fourth-order valence-electron chi connectivity index (χ4n) is 0.924. The Morgan fingerprint density at radius 2 is 2.19 bits per heavy atom. The topological polar surface area (TPSA) is 51.2 Å². The van der Waals surface area contributed by atoms with Crippen molar-refractivity contribution in [3.05, 3.63) is 22.7 Å². The maximum Gasteiger partial charge on any atom is 0.412 e. The van der Waals surface area contributed by atoms with Crippen molar-refractivity contribution in [3.8, 4) is 0 Å². The molecular formula is C10H12BrFN2O2. The molecule has 1 N–H and O–H groups in total. The summed E-state index contributed by atoms with van der Waals surface area (Å²) in [5, 5.41) is 2.40. The molecule has 0 aliphatic rings. The van der Waals surface area contributed by atoms with E-state index in [0.717, 1.165) is 12.3 Å². The van der Waals surface area contributed by atoms with Gasteiger partial charge in [0.2, 0.25) is 0 Å². The third kappa shape index (κ3) is 4.14. The molecule has 4 nitrogen and oxygen atoms in total. The van der Waals surface area contributed by atoms with Gasteiger partial charge in [0.15, 0.2) is 0 Å². The molecule has 1 aromatic heterocycles. The van der Waals surface area contributed by atoms with Crippen LogP contribution in [0, 0.1) is 5.82 Å². The van der Waals surface area contributed by atoms with E-state index in [-0.39, 0.29) is 5.69 Å². The van der Waals surface area contributed by atoms with E-state index in [2.05, 4.69) is 26.2 Å². The van der Waals surface area contributed by atoms with Crippen LogP contribution >= 0.6 is 15.9 Å². The highest BCUT2D eigenvalue weighted by molar-refractivity contribution is 9.10. The van der Waals surface area contributed by atoms with E-state index in [1.54, 1.807) is 20.8 Å². The molecule has 0 atom stereocenters. The molecule has 0 aromatic carbocycles. The lowest BCUT2D eigenvalue weighted by atomic mass is 10.2. The minimum absolute atomic E-state index is 0.231. The van der Waals surface area contributed by atoms with Crippen LogP contribution in [0.15, 0.2) is 16.9 Å². The van der Waals surface area contributed by atoms with Gasteiger partial charge in [0, 0.05) is 6.07 Å². The van der Waals surface area contributed by atoms with Crippen LogP contribution in [0.25, 0.3) is 0 Å². The van der Waals surface area contributed by atoms with Crippen molar-refractivity contribution in [1.29, 1.82) is 0 Å². The predicted molar refractivity (Wildman–Crippen MR) is 61.8 cm³/mol. The monoisotopic (exact) mass is 290 g/mol. The van der Waals surface area contributed by atoms with Crippen LogP contribution in [0.3, 0.4) is 0 Å². The summed E-state index contributed by atoms with van der Waals surface area (Å²) in [4.78, 5) is 15.1. The Kier molecular flexibility index (Phi) is 3.85. The largest absolute Gasteiger partial charge is 0.444 e. The second-order valence-corrected chi connectivity index (χ2v) is 4.87. The summed E-state index contributed by atoms with van der Waals surface area (Å²) in [6.07, 6.45) is 0.394. The highest BCUT2D eigenvalue weighted by atomic mass is 79.9. The predicted octanol–water partition coefficient (Wildman–Crippen LogP) is 3.33. The van der Waals surface area contributed by atoms with Crippen molar-refractivity contribution in [2.24, 2.45) is 0 Å². The number of hydrogen-bond acceptors (Lipinski definition) is 3. The first-order valence-corrected chi connectivity index (χ1v) is 5.38. The minimum Gasteiger partial charge on any atom is -0.444 e. The molecule has 16 heavy (non-hydrogen) atoms. The Morgan fingerprint density at radius 3 is 2.75 bits per heavy atom. The summed E-state index contributed by atoms with van der Waals surface area (Å²) >= 11 is 3.09. The van der Waals surface area contributed by atoms with E-state index in [1.807, 2.05) is 0 Å². The van der Waals surface area contributed by atoms with Gasteiger partial charge in [0.25, 0.3) is 0 Å². The van der Waals surface area contributed by atoms with Gasteiger partial charge in [-0.05, 0) is 36.7 Å². The summed E-state index contributed by atoms with van der Waals surface area (Å²) < 4.78 is 18.2. The zero-order valence-corrected chi connectivity index (χ0v) is 10.8. The van der Waals surface area contributed by atoms with Gasteiger partial charge in [-0.2, -0.15) is 0 Å². The van der Waals surface area contributed by atoms with Crippen molar-refractivity contribution < 1.29 is 13.9 Å². The van der Waals surface area contributed by atoms with Crippen LogP contribution in [0.4, 0.5) is 14.9 Å². The number of nitrogens with one attached hydrogen (secondary N) is 1. The molecule has 1 aromatic rings. The van der Waals surface area contributed by atoms with Crippen LogP contribution in [0.2, 0.25) is 0 Å². The molecule has 0 saturated carbocycles. The number of rotatable bonds is 1. The van der Waals surface area contributed by atoms with Gasteiger partial charge in [0.05, 0.1) is 11.9 Å². The molecule has 0 saturated heterocycles. The third-order valence-corrected chi connectivity index (χ3v) is 2.07. The highest BCUT2D eigenvalue weighted by Gasteiger charge is 2.17. The Balaban J connectivity index is 2.73. The molecule has 6 heteroatoms. The van der Waals surface area contributed by atoms with Crippen molar-refractivity contribution in [1.82, 2.24) is 4.98 Å². The molecule has 0 radical (unpaired) electrons. The summed E-state index contributed by atoms with van der Waals surface area (Å²) in [6, 6.07) is 1.15. The van der Waals surface area contributed by atoms with Crippen molar-refractivity contribution >= 4 is 27.7 Å². The fraction of sp³-hybridized carbons (Fsp3) is 0.400. The number of hydrogen-bond donors (Lipinski definition) is 1. The molecule has 88 valence electrons. The van der Waals surface area contributed by atoms with Crippen LogP contribution in [0.5, 0.6) is 0 Å². The average Bonchev–Trinajstić information content (AvgIpc) is 2.08. The Labute approximate surface area is 101 Å². The summed E-state index contributed by atoms with van der Waals surface area (Å²) in [5.41, 5.74) is -0.369. The molecule has 0 bridgehead atoms. The number of aromatic nitrogens is 1. The van der Waals surface area contributed by atoms with Gasteiger partial charge in [0.1, 0.15) is 16.0 Å². The third-order valence-electron chi connectivity index (χ3n) is 1.44. The van der Waals surface area contributed by atoms with Crippen LogP contribution in [-0.2, 0) is 4.74 Å². The number of carbonyl (C=O) groups excluding carboxylic acids is 1. The molecule has 0 aliphatic carbocycles. The number of anilines is 1. The first-order valence-electron chi connectivity index (χ1n) is 4.59. The van der Waals surface area contributed by atoms with E-state index in [0.29, 0.717) is 4.60 Å². The van der Waals surface area contributed by atoms with E-state index < -0.39 is 17.5 Å². The molecular weight excluding hydrogens is 279 g/mol. The maximum atomic E-state index is 12.9. The molecule has 0 spiro atoms. The van der Waals surface area contributed by atoms with Crippen LogP contribution in [-0.4, -0.2) is 16.7 Å². The highest BCUT2D eigenvalue weighted by Crippen LogP contribution is 2.21. The molecule has 1 heterocycles. The molecule has 0 fully saturated rings. The van der Waals surface area contributed by atoms with Crippen molar-refractivity contribution in [2.45, 2.75) is 26.4 Å². The Bertz CT molecular complexity index is 404. The number of pyridine rings is 1. The molecule has 0 aliphatic heterocycles. The van der Waals surface area contributed by atoms with E-state index in [9.17, 15) is 9.18 Å². The second-order valence-electron chi connectivity index (χ2n) is 4.12. The second kappa shape index (κ2) is 4.78. The SMILES string of the molecule is CC(C)(C)OC(=O)Nc1cc(F)cnc1Br. The van der Waals surface area contributed by atoms with Crippen molar-refractivity contribution in [2.75, 3.05) is 5.32 Å². The summed E-state index contributed by atoms with van der Waals surface area (Å²) in [6.45, 7) is 5.22. The fourth-order valence-corrected chi connectivity index (χ4v) is 1.24. The lowest BCUT2D eigenvalue weighted by Crippen LogP contribution is -2.27. The van der Waals surface area contributed by atoms with Gasteiger partial charge >= 0.3 is 6.09 Å². The van der Waals surface area contributed by atoms with E-state index in [1.165, 1.54) is 0 Å². The quantitative estimate of drug-likeness (QED) is 0.807. The smallest absolute Gasteiger partial charge is 0.412 e. The number of amides is 1. The maximum absolute atomic E-state index is 12.9. The zero-order valence-electron chi connectivity index (χ0n) is 9.17. The standard InChI is InChI=1S/C10H12BrFN2O2/c1-10(2,3)16-9(15)14-7-4-6(12)5-13-8(7)11/h4-5H,1-3H3,(H,14,15). The van der Waals surface area contributed by atoms with Crippen molar-refractivity contribution in [3.63, 3.8) is 0 Å². The zero-order chi connectivity index (χ0) is 12.3. The summed E-state index contributed by atoms with van der Waals surface area (Å²) in [7, 11) is 0. The number of carbonyl (C=O) groups is 1. The van der Waals surface area contributed by atoms with Gasteiger partial charge in [-0.15, -0.1) is 0 Å². The lowest BCUT2D eigenvalue weighted by Gasteiger charge is -2.19. The Hall–Kier alpha value is -1.17. The molecule has 0 unspecified atom stereocenters. The first kappa shape index (κ1) is 12.9.